The van der Waals surface area contributed by atoms with E-state index in [1.54, 1.807) is 45.2 Å². The molecule has 206 valence electrons. The fraction of sp³-hybridized carbons (Fsp3) is 0.233. The maximum atomic E-state index is 13.9. The number of allylic oxidation sites excluding steroid dienone is 1. The summed E-state index contributed by atoms with van der Waals surface area (Å²) in [6.07, 6.45) is 1.70. The van der Waals surface area contributed by atoms with Crippen molar-refractivity contribution in [3.05, 3.63) is 101 Å². The van der Waals surface area contributed by atoms with Gasteiger partial charge in [-0.3, -0.25) is 9.36 Å². The summed E-state index contributed by atoms with van der Waals surface area (Å²) in [7, 11) is 3.09. The molecule has 2 aromatic heterocycles. The molecule has 3 heterocycles. The highest BCUT2D eigenvalue weighted by Gasteiger charge is 2.35. The summed E-state index contributed by atoms with van der Waals surface area (Å²) >= 11 is 4.82. The van der Waals surface area contributed by atoms with Gasteiger partial charge in [-0.1, -0.05) is 33.3 Å². The van der Waals surface area contributed by atoms with E-state index in [0.717, 1.165) is 15.6 Å². The number of rotatable bonds is 7. The van der Waals surface area contributed by atoms with E-state index in [4.69, 9.17) is 18.6 Å². The fourth-order valence-electron chi connectivity index (χ4n) is 4.65. The van der Waals surface area contributed by atoms with Gasteiger partial charge in [-0.05, 0) is 62.7 Å². The number of ether oxygens (including phenoxy) is 3. The number of nitrogens with zero attached hydrogens (tertiary/aromatic N) is 2. The van der Waals surface area contributed by atoms with Crippen LogP contribution in [0.5, 0.6) is 11.5 Å². The van der Waals surface area contributed by atoms with Crippen LogP contribution in [0.3, 0.4) is 0 Å². The van der Waals surface area contributed by atoms with Crippen LogP contribution in [0.2, 0.25) is 0 Å². The largest absolute Gasteiger partial charge is 0.497 e. The van der Waals surface area contributed by atoms with E-state index < -0.39 is 12.0 Å². The Balaban J connectivity index is 1.67. The zero-order chi connectivity index (χ0) is 28.6. The Labute approximate surface area is 243 Å². The Morgan fingerprint density at radius 2 is 1.93 bits per heavy atom. The minimum Gasteiger partial charge on any atom is -0.497 e. The molecule has 8 nitrogen and oxygen atoms in total. The second-order valence-electron chi connectivity index (χ2n) is 9.10. The van der Waals surface area contributed by atoms with Gasteiger partial charge in [0.25, 0.3) is 5.56 Å². The first-order valence-corrected chi connectivity index (χ1v) is 14.1. The van der Waals surface area contributed by atoms with Gasteiger partial charge < -0.3 is 18.6 Å². The molecule has 0 radical (unpaired) electrons. The number of hydrogen-bond donors (Lipinski definition) is 0. The highest BCUT2D eigenvalue weighted by atomic mass is 79.9. The van der Waals surface area contributed by atoms with Crippen molar-refractivity contribution in [2.75, 3.05) is 20.8 Å². The lowest BCUT2D eigenvalue weighted by molar-refractivity contribution is -0.139. The summed E-state index contributed by atoms with van der Waals surface area (Å²) < 4.78 is 25.3. The number of aryl methyl sites for hydroxylation is 1. The van der Waals surface area contributed by atoms with Gasteiger partial charge in [0.05, 0.1) is 36.6 Å². The molecule has 4 aromatic rings. The number of methoxy groups -OCH3 is 2. The minimum absolute atomic E-state index is 0.185. The molecular weight excluding hydrogens is 596 g/mol. The first kappa shape index (κ1) is 27.7. The van der Waals surface area contributed by atoms with Crippen LogP contribution in [0, 0.1) is 6.92 Å². The molecule has 10 heteroatoms. The number of furan rings is 1. The molecule has 0 bridgehead atoms. The molecule has 2 aromatic carbocycles. The van der Waals surface area contributed by atoms with Crippen LogP contribution in [0.1, 0.15) is 36.8 Å². The third kappa shape index (κ3) is 5.04. The van der Waals surface area contributed by atoms with E-state index in [1.807, 2.05) is 37.3 Å². The monoisotopic (exact) mass is 622 g/mol. The smallest absolute Gasteiger partial charge is 0.338 e. The number of thiazole rings is 1. The molecule has 0 saturated carbocycles. The predicted molar refractivity (Wildman–Crippen MR) is 157 cm³/mol. The van der Waals surface area contributed by atoms with Crippen molar-refractivity contribution < 1.29 is 23.4 Å². The van der Waals surface area contributed by atoms with Crippen molar-refractivity contribution in [1.82, 2.24) is 4.57 Å². The first-order chi connectivity index (χ1) is 19.2. The number of aromatic nitrogens is 1. The minimum atomic E-state index is -0.811. The van der Waals surface area contributed by atoms with Crippen LogP contribution in [-0.4, -0.2) is 31.4 Å². The molecule has 0 amide bonds. The molecule has 0 N–H and O–H groups in total. The highest BCUT2D eigenvalue weighted by molar-refractivity contribution is 9.10. The molecule has 1 aliphatic rings. The van der Waals surface area contributed by atoms with E-state index >= 15 is 0 Å². The number of carbonyl (C=O) groups is 1. The molecule has 0 spiro atoms. The number of halogens is 1. The predicted octanol–water partition coefficient (Wildman–Crippen LogP) is 5.15. The molecular formula is C30H27BrN2O6S. The zero-order valence-electron chi connectivity index (χ0n) is 22.6. The Bertz CT molecular complexity index is 1830. The summed E-state index contributed by atoms with van der Waals surface area (Å²) in [6.45, 7) is 5.68. The number of benzene rings is 2. The van der Waals surface area contributed by atoms with Crippen molar-refractivity contribution in [3.63, 3.8) is 0 Å². The van der Waals surface area contributed by atoms with Gasteiger partial charge in [0, 0.05) is 27.7 Å². The summed E-state index contributed by atoms with van der Waals surface area (Å²) in [4.78, 5) is 32.2. The molecule has 0 unspecified atom stereocenters. The third-order valence-corrected chi connectivity index (χ3v) is 8.18. The standard InChI is InChI=1S/C30H27BrN2O6S/c1-6-38-29(35)26-17(3)32-30-33(27(26)21-11-8-18(36-4)14-24(21)37-5)28(34)25(40-30)15-19-9-12-23(39-19)20-10-7-16(2)13-22(20)31/h7-15,27H,6H2,1-5H3/b25-15+/t27-/m0/s1. The third-order valence-electron chi connectivity index (χ3n) is 6.54. The quantitative estimate of drug-likeness (QED) is 0.265. The van der Waals surface area contributed by atoms with E-state index in [0.29, 0.717) is 43.6 Å². The molecule has 1 atom stereocenters. The van der Waals surface area contributed by atoms with Gasteiger partial charge in [0.2, 0.25) is 0 Å². The van der Waals surface area contributed by atoms with Gasteiger partial charge in [0.1, 0.15) is 29.1 Å². The summed E-state index contributed by atoms with van der Waals surface area (Å²) in [6, 6.07) is 14.2. The van der Waals surface area contributed by atoms with E-state index in [-0.39, 0.29) is 17.7 Å². The molecule has 0 aliphatic carbocycles. The lowest BCUT2D eigenvalue weighted by atomic mass is 9.95. The van der Waals surface area contributed by atoms with Gasteiger partial charge in [-0.15, -0.1) is 0 Å². The van der Waals surface area contributed by atoms with Crippen molar-refractivity contribution >= 4 is 39.3 Å². The maximum absolute atomic E-state index is 13.9. The van der Waals surface area contributed by atoms with Crippen LogP contribution in [0.4, 0.5) is 0 Å². The van der Waals surface area contributed by atoms with Crippen LogP contribution in [0.15, 0.2) is 78.5 Å². The second-order valence-corrected chi connectivity index (χ2v) is 11.0. The van der Waals surface area contributed by atoms with Crippen LogP contribution in [0.25, 0.3) is 17.4 Å². The maximum Gasteiger partial charge on any atom is 0.338 e. The van der Waals surface area contributed by atoms with Crippen molar-refractivity contribution in [2.24, 2.45) is 4.99 Å². The van der Waals surface area contributed by atoms with Crippen molar-refractivity contribution in [2.45, 2.75) is 26.8 Å². The van der Waals surface area contributed by atoms with Gasteiger partial charge in [-0.2, -0.15) is 0 Å². The number of esters is 1. The average Bonchev–Trinajstić information content (AvgIpc) is 3.51. The lowest BCUT2D eigenvalue weighted by Crippen LogP contribution is -2.40. The number of carbonyl (C=O) groups excluding carboxylic acids is 1. The molecule has 1 aliphatic heterocycles. The lowest BCUT2D eigenvalue weighted by Gasteiger charge is -2.26. The Morgan fingerprint density at radius 3 is 2.62 bits per heavy atom. The van der Waals surface area contributed by atoms with Crippen LogP contribution in [-0.2, 0) is 9.53 Å². The number of hydrogen-bond acceptors (Lipinski definition) is 8. The average molecular weight is 624 g/mol. The SMILES string of the molecule is CCOC(=O)C1=C(C)N=c2s/c(=C/c3ccc(-c4ccc(C)cc4Br)o3)c(=O)n2[C@H]1c1ccc(OC)cc1OC. The Kier molecular flexibility index (Phi) is 7.82. The van der Waals surface area contributed by atoms with Crippen molar-refractivity contribution in [1.29, 1.82) is 0 Å². The zero-order valence-corrected chi connectivity index (χ0v) is 25.0. The first-order valence-electron chi connectivity index (χ1n) is 12.5. The van der Waals surface area contributed by atoms with Crippen molar-refractivity contribution in [3.8, 4) is 22.8 Å². The molecule has 40 heavy (non-hydrogen) atoms. The summed E-state index contributed by atoms with van der Waals surface area (Å²) in [5.74, 6) is 1.70. The van der Waals surface area contributed by atoms with E-state index in [2.05, 4.69) is 20.9 Å². The summed E-state index contributed by atoms with van der Waals surface area (Å²) in [5, 5.41) is 0. The molecule has 0 fully saturated rings. The number of fused-ring (bicyclic) bond motifs is 1. The van der Waals surface area contributed by atoms with Gasteiger partial charge in [-0.25, -0.2) is 9.79 Å². The summed E-state index contributed by atoms with van der Waals surface area (Å²) in [5.41, 5.74) is 3.08. The normalized spacial score (nSPS) is 15.1. The Morgan fingerprint density at radius 1 is 1.12 bits per heavy atom. The van der Waals surface area contributed by atoms with E-state index in [1.165, 1.54) is 23.0 Å². The fourth-order valence-corrected chi connectivity index (χ4v) is 6.37. The molecule has 5 rings (SSSR count). The second kappa shape index (κ2) is 11.3. The topological polar surface area (TPSA) is 92.3 Å². The van der Waals surface area contributed by atoms with E-state index in [9.17, 15) is 9.59 Å². The van der Waals surface area contributed by atoms with Crippen LogP contribution < -0.4 is 24.4 Å². The van der Waals surface area contributed by atoms with Crippen LogP contribution >= 0.6 is 27.3 Å². The molecule has 0 saturated heterocycles. The van der Waals surface area contributed by atoms with Gasteiger partial charge in [0.15, 0.2) is 4.80 Å². The highest BCUT2D eigenvalue weighted by Crippen LogP contribution is 2.37. The Hall–Kier alpha value is -3.89. The van der Waals surface area contributed by atoms with Gasteiger partial charge >= 0.3 is 5.97 Å².